The minimum Gasteiger partial charge on any atom is -0.490 e. The molecule has 23 heavy (non-hydrogen) atoms. The second-order valence-electron chi connectivity index (χ2n) is 5.99. The molecule has 0 aromatic heterocycles. The number of aliphatic imine (C=N–C) groups is 1. The average Bonchev–Trinajstić information content (AvgIpc) is 2.62. The number of nitrogens with zero attached hydrogens (tertiary/aromatic N) is 2. The minimum absolute atomic E-state index is 0.689. The van der Waals surface area contributed by atoms with Crippen LogP contribution in [0.25, 0.3) is 0 Å². The Morgan fingerprint density at radius 3 is 2.96 bits per heavy atom. The van der Waals surface area contributed by atoms with E-state index in [0.29, 0.717) is 6.61 Å². The Balaban J connectivity index is 1.36. The molecule has 0 bridgehead atoms. The molecule has 4 rings (SSSR count). The number of hydrogen-bond acceptors (Lipinski definition) is 4. The average molecular weight is 307 g/mol. The molecule has 2 aliphatic rings. The third-order valence-corrected chi connectivity index (χ3v) is 4.48. The van der Waals surface area contributed by atoms with E-state index < -0.39 is 0 Å². The van der Waals surface area contributed by atoms with E-state index in [-0.39, 0.29) is 0 Å². The van der Waals surface area contributed by atoms with Gasteiger partial charge in [-0.3, -0.25) is 9.89 Å². The van der Waals surface area contributed by atoms with Crippen LogP contribution >= 0.6 is 0 Å². The fourth-order valence-corrected chi connectivity index (χ4v) is 3.24. The molecule has 0 saturated heterocycles. The van der Waals surface area contributed by atoms with E-state index in [1.54, 1.807) is 0 Å². The van der Waals surface area contributed by atoms with Crippen LogP contribution in [0.3, 0.4) is 0 Å². The van der Waals surface area contributed by atoms with Crippen LogP contribution in [0.5, 0.6) is 5.75 Å². The summed E-state index contributed by atoms with van der Waals surface area (Å²) >= 11 is 0. The predicted molar refractivity (Wildman–Crippen MR) is 94.0 cm³/mol. The number of rotatable bonds is 4. The van der Waals surface area contributed by atoms with E-state index in [4.69, 9.17) is 4.74 Å². The number of ether oxygens (including phenoxy) is 1. The highest BCUT2D eigenvalue weighted by atomic mass is 16.5. The van der Waals surface area contributed by atoms with Gasteiger partial charge in [-0.05, 0) is 29.7 Å². The maximum atomic E-state index is 6.00. The van der Waals surface area contributed by atoms with E-state index in [9.17, 15) is 0 Å². The van der Waals surface area contributed by atoms with Crippen LogP contribution in [-0.4, -0.2) is 37.4 Å². The Labute approximate surface area is 136 Å². The van der Waals surface area contributed by atoms with Crippen LogP contribution in [0.4, 0.5) is 11.4 Å². The first kappa shape index (κ1) is 14.3. The van der Waals surface area contributed by atoms with Crippen molar-refractivity contribution < 1.29 is 4.74 Å². The zero-order valence-electron chi connectivity index (χ0n) is 13.2. The maximum Gasteiger partial charge on any atom is 0.147 e. The molecular formula is C19H21N3O. The number of nitrogens with one attached hydrogen (secondary N) is 1. The first-order chi connectivity index (χ1) is 11.4. The van der Waals surface area contributed by atoms with Crippen molar-refractivity contribution in [1.29, 1.82) is 0 Å². The fraction of sp³-hybridized carbons (Fsp3) is 0.316. The van der Waals surface area contributed by atoms with Gasteiger partial charge in [-0.15, -0.1) is 0 Å². The molecule has 4 nitrogen and oxygen atoms in total. The van der Waals surface area contributed by atoms with Gasteiger partial charge in [0.15, 0.2) is 0 Å². The van der Waals surface area contributed by atoms with Gasteiger partial charge >= 0.3 is 0 Å². The lowest BCUT2D eigenvalue weighted by atomic mass is 10.0. The molecule has 2 aliphatic heterocycles. The van der Waals surface area contributed by atoms with E-state index in [1.165, 1.54) is 11.1 Å². The third kappa shape index (κ3) is 3.08. The lowest BCUT2D eigenvalue weighted by Crippen LogP contribution is -2.33. The van der Waals surface area contributed by atoms with Crippen molar-refractivity contribution in [1.82, 2.24) is 4.90 Å². The molecule has 0 saturated carbocycles. The van der Waals surface area contributed by atoms with Crippen molar-refractivity contribution in [3.63, 3.8) is 0 Å². The van der Waals surface area contributed by atoms with Crippen LogP contribution in [0.1, 0.15) is 11.1 Å². The molecule has 0 aliphatic carbocycles. The number of fused-ring (bicyclic) bond motifs is 2. The molecule has 2 aromatic rings. The molecule has 118 valence electrons. The monoisotopic (exact) mass is 307 g/mol. The molecule has 2 heterocycles. The number of hydrogen-bond donors (Lipinski definition) is 1. The summed E-state index contributed by atoms with van der Waals surface area (Å²) in [5.74, 6) is 0.864. The Morgan fingerprint density at radius 1 is 1.09 bits per heavy atom. The summed E-state index contributed by atoms with van der Waals surface area (Å²) in [6.45, 7) is 4.53. The van der Waals surface area contributed by atoms with Gasteiger partial charge in [0.25, 0.3) is 0 Å². The SMILES string of the molecule is C1=Nc2c(cccc2OCCN2CCc3ccccc3C2)NC1. The standard InChI is InChI=1S/C19H21N3O/c1-2-5-16-14-22(11-8-15(16)4-1)12-13-23-18-7-3-6-17-19(18)21-10-9-20-17/h1-7,10,20H,8-9,11-14H2. The van der Waals surface area contributed by atoms with Gasteiger partial charge in [-0.1, -0.05) is 30.3 Å². The maximum absolute atomic E-state index is 6.00. The van der Waals surface area contributed by atoms with E-state index in [2.05, 4.69) is 39.5 Å². The molecule has 0 atom stereocenters. The van der Waals surface area contributed by atoms with Gasteiger partial charge in [-0.2, -0.15) is 0 Å². The molecule has 0 fully saturated rings. The summed E-state index contributed by atoms with van der Waals surface area (Å²) in [5.41, 5.74) is 4.91. The highest BCUT2D eigenvalue weighted by molar-refractivity contribution is 5.83. The number of benzene rings is 2. The van der Waals surface area contributed by atoms with E-state index >= 15 is 0 Å². The van der Waals surface area contributed by atoms with Gasteiger partial charge < -0.3 is 10.1 Å². The predicted octanol–water partition coefficient (Wildman–Crippen LogP) is 3.25. The van der Waals surface area contributed by atoms with Crippen LogP contribution in [0.2, 0.25) is 0 Å². The summed E-state index contributed by atoms with van der Waals surface area (Å²) < 4.78 is 6.00. The zero-order valence-corrected chi connectivity index (χ0v) is 13.2. The summed E-state index contributed by atoms with van der Waals surface area (Å²) in [7, 11) is 0. The normalized spacial score (nSPS) is 16.3. The molecule has 1 N–H and O–H groups in total. The molecule has 0 spiro atoms. The van der Waals surface area contributed by atoms with Crippen molar-refractivity contribution in [2.24, 2.45) is 4.99 Å². The van der Waals surface area contributed by atoms with Crippen molar-refractivity contribution in [3.05, 3.63) is 53.6 Å². The molecule has 2 aromatic carbocycles. The largest absolute Gasteiger partial charge is 0.490 e. The van der Waals surface area contributed by atoms with Crippen LogP contribution in [0, 0.1) is 0 Å². The lowest BCUT2D eigenvalue weighted by Gasteiger charge is -2.28. The lowest BCUT2D eigenvalue weighted by molar-refractivity contribution is 0.197. The van der Waals surface area contributed by atoms with Crippen molar-refractivity contribution in [2.45, 2.75) is 13.0 Å². The van der Waals surface area contributed by atoms with Gasteiger partial charge in [0, 0.05) is 25.8 Å². The van der Waals surface area contributed by atoms with Crippen LogP contribution in [-0.2, 0) is 13.0 Å². The Bertz CT molecular complexity index is 726. The fourth-order valence-electron chi connectivity index (χ4n) is 3.24. The second kappa shape index (κ2) is 6.42. The molecule has 0 amide bonds. The zero-order chi connectivity index (χ0) is 15.5. The van der Waals surface area contributed by atoms with Gasteiger partial charge in [0.2, 0.25) is 0 Å². The topological polar surface area (TPSA) is 36.9 Å². The first-order valence-electron chi connectivity index (χ1n) is 8.21. The summed E-state index contributed by atoms with van der Waals surface area (Å²) in [4.78, 5) is 6.92. The summed E-state index contributed by atoms with van der Waals surface area (Å²) in [5, 5.41) is 3.31. The number of anilines is 1. The number of para-hydroxylation sites is 1. The summed E-state index contributed by atoms with van der Waals surface area (Å²) in [6, 6.07) is 14.8. The Kier molecular flexibility index (Phi) is 3.99. The van der Waals surface area contributed by atoms with Gasteiger partial charge in [0.1, 0.15) is 18.0 Å². The molecule has 0 unspecified atom stereocenters. The highest BCUT2D eigenvalue weighted by Crippen LogP contribution is 2.36. The second-order valence-corrected chi connectivity index (χ2v) is 5.99. The highest BCUT2D eigenvalue weighted by Gasteiger charge is 2.16. The van der Waals surface area contributed by atoms with Crippen molar-refractivity contribution in [2.75, 3.05) is 31.6 Å². The Morgan fingerprint density at radius 2 is 2.00 bits per heavy atom. The van der Waals surface area contributed by atoms with Crippen molar-refractivity contribution >= 4 is 17.6 Å². The van der Waals surface area contributed by atoms with Gasteiger partial charge in [0.05, 0.1) is 12.2 Å². The smallest absolute Gasteiger partial charge is 0.147 e. The summed E-state index contributed by atoms with van der Waals surface area (Å²) in [6.07, 6.45) is 3.02. The molecule has 4 heteroatoms. The van der Waals surface area contributed by atoms with Crippen LogP contribution < -0.4 is 10.1 Å². The molecular weight excluding hydrogens is 286 g/mol. The van der Waals surface area contributed by atoms with Crippen LogP contribution in [0.15, 0.2) is 47.5 Å². The quantitative estimate of drug-likeness (QED) is 0.942. The minimum atomic E-state index is 0.689. The molecule has 0 radical (unpaired) electrons. The van der Waals surface area contributed by atoms with E-state index in [0.717, 1.165) is 49.7 Å². The van der Waals surface area contributed by atoms with Gasteiger partial charge in [-0.25, -0.2) is 0 Å². The third-order valence-electron chi connectivity index (χ3n) is 4.48. The van der Waals surface area contributed by atoms with Crippen molar-refractivity contribution in [3.8, 4) is 5.75 Å². The Hall–Kier alpha value is -2.33. The first-order valence-corrected chi connectivity index (χ1v) is 8.21. The van der Waals surface area contributed by atoms with E-state index in [1.807, 2.05) is 24.4 Å².